The highest BCUT2D eigenvalue weighted by Crippen LogP contribution is 2.16. The number of nitrogens with one attached hydrogen (secondary N) is 1. The van der Waals surface area contributed by atoms with Crippen LogP contribution in [0.15, 0.2) is 41.2 Å². The molecule has 0 radical (unpaired) electrons. The highest BCUT2D eigenvalue weighted by molar-refractivity contribution is 5.31. The lowest BCUT2D eigenvalue weighted by atomic mass is 10.2. The summed E-state index contributed by atoms with van der Waals surface area (Å²) < 4.78 is 12.8. The summed E-state index contributed by atoms with van der Waals surface area (Å²) in [5, 5.41) is 3.12. The Morgan fingerprint density at radius 2 is 1.95 bits per heavy atom. The summed E-state index contributed by atoms with van der Waals surface area (Å²) >= 11 is 0. The third-order valence-electron chi connectivity index (χ3n) is 3.52. The third kappa shape index (κ3) is 3.96. The summed E-state index contributed by atoms with van der Waals surface area (Å²) in [6.07, 6.45) is 0. The van der Waals surface area contributed by atoms with Crippen molar-refractivity contribution >= 4 is 0 Å². The molecule has 118 valence electrons. The van der Waals surface area contributed by atoms with E-state index in [9.17, 15) is 4.79 Å². The quantitative estimate of drug-likeness (QED) is 0.627. The molecule has 2 aromatic rings. The minimum atomic E-state index is -0.0965. The van der Waals surface area contributed by atoms with Gasteiger partial charge in [-0.1, -0.05) is 30.3 Å². The maximum atomic E-state index is 12.3. The fourth-order valence-corrected chi connectivity index (χ4v) is 2.21. The van der Waals surface area contributed by atoms with Crippen LogP contribution in [0, 0.1) is 6.92 Å². The summed E-state index contributed by atoms with van der Waals surface area (Å²) in [5.41, 5.74) is 2.64. The fraction of sp³-hybridized carbons (Fsp3) is 0.353. The van der Waals surface area contributed by atoms with Gasteiger partial charge in [0.2, 0.25) is 5.43 Å². The topological polar surface area (TPSA) is 52.5 Å². The zero-order valence-corrected chi connectivity index (χ0v) is 13.3. The number of rotatable bonds is 7. The Kier molecular flexibility index (Phi) is 5.75. The normalized spacial score (nSPS) is 10.7. The number of hydrogen-bond donors (Lipinski definition) is 1. The van der Waals surface area contributed by atoms with Crippen molar-refractivity contribution in [2.24, 2.45) is 7.05 Å². The number of aryl methyl sites for hydroxylation is 1. The Labute approximate surface area is 130 Å². The van der Waals surface area contributed by atoms with E-state index >= 15 is 0 Å². The average molecular weight is 302 g/mol. The lowest BCUT2D eigenvalue weighted by molar-refractivity contribution is 0.172. The molecule has 0 amide bonds. The minimum absolute atomic E-state index is 0.0965. The maximum Gasteiger partial charge on any atom is 0.223 e. The van der Waals surface area contributed by atoms with E-state index < -0.39 is 0 Å². The van der Waals surface area contributed by atoms with Crippen LogP contribution in [-0.4, -0.2) is 18.4 Å². The van der Waals surface area contributed by atoms with E-state index in [0.717, 1.165) is 17.0 Å². The zero-order chi connectivity index (χ0) is 15.9. The van der Waals surface area contributed by atoms with Crippen LogP contribution in [0.1, 0.15) is 17.0 Å². The van der Waals surface area contributed by atoms with E-state index in [4.69, 9.17) is 9.47 Å². The van der Waals surface area contributed by atoms with E-state index in [0.29, 0.717) is 25.6 Å². The molecule has 1 N–H and O–H groups in total. The van der Waals surface area contributed by atoms with Gasteiger partial charge in [0.15, 0.2) is 5.75 Å². The Hall–Kier alpha value is -2.11. The Morgan fingerprint density at radius 3 is 2.64 bits per heavy atom. The number of nitrogens with zero attached hydrogens (tertiary/aromatic N) is 1. The SMILES string of the molecule is COCNCc1c(OCc2ccccc2)c(=O)cc(C)n1C. The molecular formula is C17H22N2O3. The van der Waals surface area contributed by atoms with Crippen molar-refractivity contribution in [2.45, 2.75) is 20.1 Å². The van der Waals surface area contributed by atoms with Crippen LogP contribution in [0.3, 0.4) is 0 Å². The van der Waals surface area contributed by atoms with Gasteiger partial charge in [-0.2, -0.15) is 0 Å². The lowest BCUT2D eigenvalue weighted by Gasteiger charge is -2.17. The smallest absolute Gasteiger partial charge is 0.223 e. The molecule has 0 spiro atoms. The predicted octanol–water partition coefficient (Wildman–Crippen LogP) is 1.97. The number of benzene rings is 1. The average Bonchev–Trinajstić information content (AvgIpc) is 2.52. The largest absolute Gasteiger partial charge is 0.483 e. The number of methoxy groups -OCH3 is 1. The molecule has 0 saturated carbocycles. The van der Waals surface area contributed by atoms with Crippen molar-refractivity contribution in [1.82, 2.24) is 9.88 Å². The van der Waals surface area contributed by atoms with Crippen molar-refractivity contribution in [3.8, 4) is 5.75 Å². The Bertz CT molecular complexity index is 666. The van der Waals surface area contributed by atoms with Crippen molar-refractivity contribution in [3.05, 3.63) is 63.6 Å². The van der Waals surface area contributed by atoms with Gasteiger partial charge in [-0.25, -0.2) is 0 Å². The highest BCUT2D eigenvalue weighted by Gasteiger charge is 2.13. The second-order valence-electron chi connectivity index (χ2n) is 5.12. The summed E-state index contributed by atoms with van der Waals surface area (Å²) in [4.78, 5) is 12.3. The van der Waals surface area contributed by atoms with Crippen LogP contribution in [0.25, 0.3) is 0 Å². The first-order valence-corrected chi connectivity index (χ1v) is 7.19. The van der Waals surface area contributed by atoms with Gasteiger partial charge < -0.3 is 14.0 Å². The van der Waals surface area contributed by atoms with Gasteiger partial charge in [0, 0.05) is 32.5 Å². The van der Waals surface area contributed by atoms with E-state index in [2.05, 4.69) is 5.32 Å². The molecule has 2 rings (SSSR count). The first-order chi connectivity index (χ1) is 10.6. The number of aromatic nitrogens is 1. The molecule has 0 aliphatic heterocycles. The van der Waals surface area contributed by atoms with Crippen LogP contribution in [0.2, 0.25) is 0 Å². The molecule has 0 saturated heterocycles. The van der Waals surface area contributed by atoms with Crippen molar-refractivity contribution < 1.29 is 9.47 Å². The van der Waals surface area contributed by atoms with E-state index in [-0.39, 0.29) is 5.43 Å². The molecule has 0 atom stereocenters. The van der Waals surface area contributed by atoms with E-state index in [1.165, 1.54) is 0 Å². The van der Waals surface area contributed by atoms with Crippen LogP contribution in [-0.2, 0) is 24.9 Å². The molecule has 5 nitrogen and oxygen atoms in total. The second-order valence-corrected chi connectivity index (χ2v) is 5.12. The first-order valence-electron chi connectivity index (χ1n) is 7.19. The molecule has 0 bridgehead atoms. The zero-order valence-electron chi connectivity index (χ0n) is 13.3. The molecule has 1 aromatic carbocycles. The van der Waals surface area contributed by atoms with Crippen LogP contribution < -0.4 is 15.5 Å². The van der Waals surface area contributed by atoms with E-state index in [1.807, 2.05) is 48.9 Å². The molecule has 5 heteroatoms. The molecular weight excluding hydrogens is 280 g/mol. The molecule has 0 unspecified atom stereocenters. The van der Waals surface area contributed by atoms with Gasteiger partial charge in [0.1, 0.15) is 6.61 Å². The third-order valence-corrected chi connectivity index (χ3v) is 3.52. The van der Waals surface area contributed by atoms with Gasteiger partial charge in [0.25, 0.3) is 0 Å². The number of hydrogen-bond acceptors (Lipinski definition) is 4. The molecule has 1 heterocycles. The second kappa shape index (κ2) is 7.77. The van der Waals surface area contributed by atoms with Gasteiger partial charge in [-0.05, 0) is 12.5 Å². The Balaban J connectivity index is 2.24. The summed E-state index contributed by atoms with van der Waals surface area (Å²) in [7, 11) is 3.54. The van der Waals surface area contributed by atoms with Gasteiger partial charge in [-0.3, -0.25) is 10.1 Å². The van der Waals surface area contributed by atoms with Gasteiger partial charge in [0.05, 0.1) is 12.4 Å². The van der Waals surface area contributed by atoms with Gasteiger partial charge >= 0.3 is 0 Å². The highest BCUT2D eigenvalue weighted by atomic mass is 16.5. The van der Waals surface area contributed by atoms with Crippen LogP contribution in [0.4, 0.5) is 0 Å². The van der Waals surface area contributed by atoms with Crippen molar-refractivity contribution in [1.29, 1.82) is 0 Å². The molecule has 0 fully saturated rings. The molecule has 0 aliphatic rings. The maximum absolute atomic E-state index is 12.3. The van der Waals surface area contributed by atoms with Crippen molar-refractivity contribution in [3.63, 3.8) is 0 Å². The predicted molar refractivity (Wildman–Crippen MR) is 85.9 cm³/mol. The van der Waals surface area contributed by atoms with Crippen molar-refractivity contribution in [2.75, 3.05) is 13.8 Å². The van der Waals surface area contributed by atoms with E-state index in [1.54, 1.807) is 13.2 Å². The Morgan fingerprint density at radius 1 is 1.23 bits per heavy atom. The van der Waals surface area contributed by atoms with Crippen LogP contribution >= 0.6 is 0 Å². The summed E-state index contributed by atoms with van der Waals surface area (Å²) in [6, 6.07) is 11.4. The monoisotopic (exact) mass is 302 g/mol. The van der Waals surface area contributed by atoms with Gasteiger partial charge in [-0.15, -0.1) is 0 Å². The number of pyridine rings is 1. The number of ether oxygens (including phenoxy) is 2. The molecule has 22 heavy (non-hydrogen) atoms. The van der Waals surface area contributed by atoms with Crippen LogP contribution in [0.5, 0.6) is 5.75 Å². The lowest BCUT2D eigenvalue weighted by Crippen LogP contribution is -2.24. The first kappa shape index (κ1) is 16.3. The fourth-order valence-electron chi connectivity index (χ4n) is 2.21. The summed E-state index contributed by atoms with van der Waals surface area (Å²) in [6.45, 7) is 3.20. The standard InChI is InChI=1S/C17H22N2O3/c1-13-9-16(20)17(15(19(13)2)10-18-12-21-3)22-11-14-7-5-4-6-8-14/h4-9,18H,10-12H2,1-3H3. The molecule has 1 aromatic heterocycles. The minimum Gasteiger partial charge on any atom is -0.483 e. The molecule has 0 aliphatic carbocycles. The summed E-state index contributed by atoms with van der Waals surface area (Å²) in [5.74, 6) is 0.389.